The van der Waals surface area contributed by atoms with Crippen LogP contribution in [0.5, 0.6) is 0 Å². The number of H-pyrrole nitrogens is 1. The molecule has 1 amide bonds. The van der Waals surface area contributed by atoms with E-state index in [0.29, 0.717) is 5.69 Å². The smallest absolute Gasteiger partial charge is 0.272 e. The summed E-state index contributed by atoms with van der Waals surface area (Å²) in [5.74, 6) is -0.135. The second kappa shape index (κ2) is 6.48. The van der Waals surface area contributed by atoms with Gasteiger partial charge in [-0.1, -0.05) is 24.3 Å². The molecular formula is C20H21N3OS. The second-order valence-electron chi connectivity index (χ2n) is 6.63. The summed E-state index contributed by atoms with van der Waals surface area (Å²) in [6.07, 6.45) is 3.55. The number of thiophene rings is 1. The number of aromatic amines is 1. The van der Waals surface area contributed by atoms with E-state index in [4.69, 9.17) is 0 Å². The van der Waals surface area contributed by atoms with Crippen LogP contribution < -0.4 is 5.32 Å². The molecule has 0 bridgehead atoms. The average Bonchev–Trinajstić information content (AvgIpc) is 3.34. The molecule has 25 heavy (non-hydrogen) atoms. The van der Waals surface area contributed by atoms with Gasteiger partial charge in [0, 0.05) is 5.56 Å². The van der Waals surface area contributed by atoms with Crippen LogP contribution in [-0.4, -0.2) is 16.1 Å². The topological polar surface area (TPSA) is 57.8 Å². The third kappa shape index (κ3) is 3.00. The summed E-state index contributed by atoms with van der Waals surface area (Å²) < 4.78 is 0. The maximum Gasteiger partial charge on any atom is 0.272 e. The Morgan fingerprint density at radius 2 is 2.12 bits per heavy atom. The minimum absolute atomic E-state index is 0.0420. The first kappa shape index (κ1) is 16.1. The number of benzene rings is 1. The molecule has 0 saturated heterocycles. The van der Waals surface area contributed by atoms with Crippen LogP contribution in [-0.2, 0) is 12.8 Å². The Morgan fingerprint density at radius 1 is 1.28 bits per heavy atom. The van der Waals surface area contributed by atoms with Gasteiger partial charge in [0.1, 0.15) is 0 Å². The minimum Gasteiger partial charge on any atom is -0.344 e. The number of hydrogen-bond acceptors (Lipinski definition) is 3. The third-order valence-corrected chi connectivity index (χ3v) is 5.85. The number of nitrogens with zero attached hydrogens (tertiary/aromatic N) is 1. The zero-order valence-electron chi connectivity index (χ0n) is 14.4. The number of amides is 1. The van der Waals surface area contributed by atoms with Gasteiger partial charge in [0.25, 0.3) is 5.91 Å². The van der Waals surface area contributed by atoms with Gasteiger partial charge in [-0.3, -0.25) is 9.89 Å². The van der Waals surface area contributed by atoms with Crippen molar-refractivity contribution in [3.8, 4) is 10.6 Å². The minimum atomic E-state index is -0.135. The molecule has 1 unspecified atom stereocenters. The summed E-state index contributed by atoms with van der Waals surface area (Å²) >= 11 is 1.63. The van der Waals surface area contributed by atoms with Crippen LogP contribution in [0.4, 0.5) is 0 Å². The van der Waals surface area contributed by atoms with E-state index in [1.54, 1.807) is 11.3 Å². The molecule has 4 rings (SSSR count). The van der Waals surface area contributed by atoms with Gasteiger partial charge in [0.05, 0.1) is 16.6 Å². The zero-order chi connectivity index (χ0) is 17.4. The molecule has 0 radical (unpaired) electrons. The van der Waals surface area contributed by atoms with Gasteiger partial charge in [-0.2, -0.15) is 5.10 Å². The van der Waals surface area contributed by atoms with Crippen molar-refractivity contribution in [1.29, 1.82) is 0 Å². The lowest BCUT2D eigenvalue weighted by molar-refractivity contribution is 0.0934. The van der Waals surface area contributed by atoms with E-state index in [-0.39, 0.29) is 11.9 Å². The number of nitrogens with one attached hydrogen (secondary N) is 2. The Balaban J connectivity index is 1.52. The van der Waals surface area contributed by atoms with Crippen molar-refractivity contribution in [3.05, 3.63) is 63.7 Å². The first-order valence-electron chi connectivity index (χ1n) is 8.65. The number of fused-ring (bicyclic) bond motifs is 1. The summed E-state index contributed by atoms with van der Waals surface area (Å²) in [6, 6.07) is 10.6. The van der Waals surface area contributed by atoms with Gasteiger partial charge >= 0.3 is 0 Å². The van der Waals surface area contributed by atoms with Gasteiger partial charge in [-0.05, 0) is 61.2 Å². The van der Waals surface area contributed by atoms with Crippen LogP contribution in [0.25, 0.3) is 10.6 Å². The van der Waals surface area contributed by atoms with Crippen LogP contribution in [0.15, 0.2) is 35.7 Å². The first-order chi connectivity index (χ1) is 12.1. The Kier molecular flexibility index (Phi) is 4.17. The molecule has 2 heterocycles. The summed E-state index contributed by atoms with van der Waals surface area (Å²) in [6.45, 7) is 3.96. The van der Waals surface area contributed by atoms with Crippen LogP contribution in [0.1, 0.15) is 52.1 Å². The summed E-state index contributed by atoms with van der Waals surface area (Å²) in [5.41, 5.74) is 6.31. The SMILES string of the molecule is Cc1c(C(=O)NC(C)c2ccc3c(c2)CCC3)n[nH]c1-c1cccs1. The Morgan fingerprint density at radius 3 is 2.92 bits per heavy atom. The predicted octanol–water partition coefficient (Wildman–Crippen LogP) is 4.43. The number of carbonyl (C=O) groups is 1. The molecule has 4 nitrogen and oxygen atoms in total. The van der Waals surface area contributed by atoms with Gasteiger partial charge < -0.3 is 5.32 Å². The van der Waals surface area contributed by atoms with E-state index < -0.39 is 0 Å². The third-order valence-electron chi connectivity index (χ3n) is 4.96. The normalized spacial score (nSPS) is 14.3. The highest BCUT2D eigenvalue weighted by Gasteiger charge is 2.20. The van der Waals surface area contributed by atoms with Crippen molar-refractivity contribution in [1.82, 2.24) is 15.5 Å². The molecule has 128 valence electrons. The molecule has 5 heteroatoms. The highest BCUT2D eigenvalue weighted by Crippen LogP contribution is 2.28. The summed E-state index contributed by atoms with van der Waals surface area (Å²) in [7, 11) is 0. The maximum absolute atomic E-state index is 12.7. The van der Waals surface area contributed by atoms with Crippen molar-refractivity contribution in [2.75, 3.05) is 0 Å². The van der Waals surface area contributed by atoms with Crippen LogP contribution in [0, 0.1) is 6.92 Å². The fraction of sp³-hybridized carbons (Fsp3) is 0.300. The fourth-order valence-corrected chi connectivity index (χ4v) is 4.27. The van der Waals surface area contributed by atoms with E-state index in [9.17, 15) is 4.79 Å². The maximum atomic E-state index is 12.7. The Hall–Kier alpha value is -2.40. The molecule has 1 aliphatic carbocycles. The summed E-state index contributed by atoms with van der Waals surface area (Å²) in [4.78, 5) is 13.8. The summed E-state index contributed by atoms with van der Waals surface area (Å²) in [5, 5.41) is 12.4. The monoisotopic (exact) mass is 351 g/mol. The molecule has 0 saturated carbocycles. The molecular weight excluding hydrogens is 330 g/mol. The molecule has 0 aliphatic heterocycles. The molecule has 1 aliphatic rings. The molecule has 2 aromatic heterocycles. The van der Waals surface area contributed by atoms with Gasteiger partial charge in [0.15, 0.2) is 5.69 Å². The van der Waals surface area contributed by atoms with E-state index in [0.717, 1.165) is 28.1 Å². The quantitative estimate of drug-likeness (QED) is 0.731. The Bertz CT molecular complexity index is 911. The van der Waals surface area contributed by atoms with E-state index in [1.807, 2.05) is 31.4 Å². The van der Waals surface area contributed by atoms with E-state index in [1.165, 1.54) is 24.0 Å². The standard InChI is InChI=1S/C20H21N3OS/c1-12-18(17-7-4-10-25-17)22-23-19(12)20(24)21-13(2)15-9-8-14-5-3-6-16(14)11-15/h4,7-11,13H,3,5-6H2,1-2H3,(H,21,24)(H,22,23). The molecule has 1 atom stereocenters. The lowest BCUT2D eigenvalue weighted by atomic mass is 10.0. The average molecular weight is 351 g/mol. The van der Waals surface area contributed by atoms with Gasteiger partial charge in [0.2, 0.25) is 0 Å². The van der Waals surface area contributed by atoms with Crippen molar-refractivity contribution >= 4 is 17.2 Å². The Labute approximate surface area is 151 Å². The van der Waals surface area contributed by atoms with Gasteiger partial charge in [-0.25, -0.2) is 0 Å². The van der Waals surface area contributed by atoms with Crippen molar-refractivity contribution in [2.45, 2.75) is 39.2 Å². The van der Waals surface area contributed by atoms with E-state index >= 15 is 0 Å². The van der Waals surface area contributed by atoms with Crippen molar-refractivity contribution < 1.29 is 4.79 Å². The first-order valence-corrected chi connectivity index (χ1v) is 9.53. The zero-order valence-corrected chi connectivity index (χ0v) is 15.2. The molecule has 0 spiro atoms. The number of hydrogen-bond donors (Lipinski definition) is 2. The molecule has 3 aromatic rings. The highest BCUT2D eigenvalue weighted by molar-refractivity contribution is 7.13. The lowest BCUT2D eigenvalue weighted by Gasteiger charge is -2.15. The van der Waals surface area contributed by atoms with Crippen LogP contribution in [0.3, 0.4) is 0 Å². The number of aromatic nitrogens is 2. The molecule has 2 N–H and O–H groups in total. The highest BCUT2D eigenvalue weighted by atomic mass is 32.1. The van der Waals surface area contributed by atoms with Crippen LogP contribution >= 0.6 is 11.3 Å². The fourth-order valence-electron chi connectivity index (χ4n) is 3.49. The van der Waals surface area contributed by atoms with Crippen molar-refractivity contribution in [2.24, 2.45) is 0 Å². The number of carbonyl (C=O) groups excluding carboxylic acids is 1. The number of rotatable bonds is 4. The second-order valence-corrected chi connectivity index (χ2v) is 7.57. The van der Waals surface area contributed by atoms with Crippen LogP contribution in [0.2, 0.25) is 0 Å². The largest absolute Gasteiger partial charge is 0.344 e. The molecule has 1 aromatic carbocycles. The lowest BCUT2D eigenvalue weighted by Crippen LogP contribution is -2.27. The predicted molar refractivity (Wildman–Crippen MR) is 101 cm³/mol. The van der Waals surface area contributed by atoms with Gasteiger partial charge in [-0.15, -0.1) is 11.3 Å². The molecule has 0 fully saturated rings. The van der Waals surface area contributed by atoms with Crippen molar-refractivity contribution in [3.63, 3.8) is 0 Å². The van der Waals surface area contributed by atoms with E-state index in [2.05, 4.69) is 33.7 Å². The number of aryl methyl sites for hydroxylation is 2.